The van der Waals surface area contributed by atoms with Gasteiger partial charge in [0.15, 0.2) is 5.13 Å². The van der Waals surface area contributed by atoms with Crippen LogP contribution in [0.4, 0.5) is 5.13 Å². The molecule has 30 heavy (non-hydrogen) atoms. The number of amides is 1. The maximum absolute atomic E-state index is 13.7. The highest BCUT2D eigenvalue weighted by atomic mass is 32.1. The molecule has 1 fully saturated rings. The summed E-state index contributed by atoms with van der Waals surface area (Å²) in [6, 6.07) is 9.45. The van der Waals surface area contributed by atoms with Crippen LogP contribution in [0, 0.1) is 13.8 Å². The summed E-state index contributed by atoms with van der Waals surface area (Å²) in [6.45, 7) is 5.35. The summed E-state index contributed by atoms with van der Waals surface area (Å²) in [7, 11) is 3.14. The number of hydrogen-bond donors (Lipinski definition) is 0. The molecule has 0 radical (unpaired) electrons. The van der Waals surface area contributed by atoms with Gasteiger partial charge in [-0.2, -0.15) is 0 Å². The minimum Gasteiger partial charge on any atom is -0.497 e. The molecule has 1 saturated heterocycles. The van der Waals surface area contributed by atoms with E-state index in [1.807, 2.05) is 0 Å². The summed E-state index contributed by atoms with van der Waals surface area (Å²) in [4.78, 5) is 20.2. The van der Waals surface area contributed by atoms with Crippen molar-refractivity contribution in [1.29, 1.82) is 0 Å². The van der Waals surface area contributed by atoms with Gasteiger partial charge >= 0.3 is 0 Å². The molecule has 0 aliphatic carbocycles. The first-order valence-corrected chi connectivity index (χ1v) is 10.8. The highest BCUT2D eigenvalue weighted by molar-refractivity contribution is 7.22. The molecule has 7 heteroatoms. The molecule has 1 aliphatic rings. The molecule has 1 amide bonds. The fraction of sp³-hybridized carbons (Fsp3) is 0.391. The Morgan fingerprint density at radius 3 is 2.70 bits per heavy atom. The molecule has 2 aromatic carbocycles. The maximum atomic E-state index is 13.7. The number of carbonyl (C=O) groups is 1. The normalized spacial score (nSPS) is 16.1. The molecule has 158 valence electrons. The summed E-state index contributed by atoms with van der Waals surface area (Å²) in [5.74, 6) is 0.937. The van der Waals surface area contributed by atoms with Crippen molar-refractivity contribution in [2.75, 3.05) is 32.3 Å². The zero-order valence-electron chi connectivity index (χ0n) is 17.7. The lowest BCUT2D eigenvalue weighted by atomic mass is 10.1. The maximum Gasteiger partial charge on any atom is 0.264 e. The lowest BCUT2D eigenvalue weighted by Crippen LogP contribution is -2.37. The standard InChI is InChI=1S/C23H26N2O4S/c1-14-10-19-21(11-15(14)2)30-23(24-19)25(13-17-6-5-9-29-17)22(26)18-12-16(27-3)7-8-20(18)28-4/h7-8,10-12,17H,5-6,9,13H2,1-4H3. The lowest BCUT2D eigenvalue weighted by Gasteiger charge is -2.24. The van der Waals surface area contributed by atoms with Gasteiger partial charge in [-0.15, -0.1) is 0 Å². The van der Waals surface area contributed by atoms with Crippen molar-refractivity contribution in [3.8, 4) is 11.5 Å². The number of fused-ring (bicyclic) bond motifs is 1. The monoisotopic (exact) mass is 426 g/mol. The van der Waals surface area contributed by atoms with E-state index in [1.54, 1.807) is 37.3 Å². The Morgan fingerprint density at radius 2 is 2.00 bits per heavy atom. The SMILES string of the molecule is COc1ccc(OC)c(C(=O)N(CC2CCCO2)c2nc3cc(C)c(C)cc3s2)c1. The summed E-state index contributed by atoms with van der Waals surface area (Å²) in [5.41, 5.74) is 3.75. The van der Waals surface area contributed by atoms with E-state index in [0.717, 1.165) is 29.7 Å². The van der Waals surface area contributed by atoms with Crippen LogP contribution in [-0.4, -0.2) is 44.4 Å². The van der Waals surface area contributed by atoms with E-state index >= 15 is 0 Å². The first-order valence-electron chi connectivity index (χ1n) is 10.0. The van der Waals surface area contributed by atoms with Crippen LogP contribution in [0.25, 0.3) is 10.2 Å². The van der Waals surface area contributed by atoms with Gasteiger partial charge < -0.3 is 14.2 Å². The molecular formula is C23H26N2O4S. The van der Waals surface area contributed by atoms with E-state index in [-0.39, 0.29) is 12.0 Å². The highest BCUT2D eigenvalue weighted by Gasteiger charge is 2.29. The molecule has 3 aromatic rings. The number of methoxy groups -OCH3 is 2. The third kappa shape index (κ3) is 4.00. The van der Waals surface area contributed by atoms with Crippen molar-refractivity contribution in [3.63, 3.8) is 0 Å². The first-order chi connectivity index (χ1) is 14.5. The zero-order valence-corrected chi connectivity index (χ0v) is 18.5. The molecule has 0 bridgehead atoms. The van der Waals surface area contributed by atoms with Crippen LogP contribution < -0.4 is 14.4 Å². The molecule has 4 rings (SSSR count). The van der Waals surface area contributed by atoms with Crippen molar-refractivity contribution < 1.29 is 19.0 Å². The van der Waals surface area contributed by atoms with Gasteiger partial charge in [-0.25, -0.2) is 4.98 Å². The van der Waals surface area contributed by atoms with Crippen LogP contribution in [0.15, 0.2) is 30.3 Å². The molecule has 1 aliphatic heterocycles. The number of carbonyl (C=O) groups excluding carboxylic acids is 1. The zero-order chi connectivity index (χ0) is 21.3. The predicted molar refractivity (Wildman–Crippen MR) is 119 cm³/mol. The van der Waals surface area contributed by atoms with Crippen molar-refractivity contribution in [2.24, 2.45) is 0 Å². The fourth-order valence-corrected chi connectivity index (χ4v) is 4.70. The number of benzene rings is 2. The smallest absolute Gasteiger partial charge is 0.264 e. The fourth-order valence-electron chi connectivity index (χ4n) is 3.65. The minimum absolute atomic E-state index is 0.000960. The molecule has 2 heterocycles. The van der Waals surface area contributed by atoms with Crippen molar-refractivity contribution in [1.82, 2.24) is 4.98 Å². The van der Waals surface area contributed by atoms with Crippen LogP contribution in [0.5, 0.6) is 11.5 Å². The van der Waals surface area contributed by atoms with Gasteiger partial charge in [0.05, 0.1) is 42.6 Å². The van der Waals surface area contributed by atoms with Crippen molar-refractivity contribution in [2.45, 2.75) is 32.8 Å². The summed E-state index contributed by atoms with van der Waals surface area (Å²) in [5, 5.41) is 0.667. The molecule has 1 atom stereocenters. The van der Waals surface area contributed by atoms with Crippen molar-refractivity contribution >= 4 is 32.6 Å². The number of anilines is 1. The largest absolute Gasteiger partial charge is 0.497 e. The second-order valence-electron chi connectivity index (χ2n) is 7.52. The second-order valence-corrected chi connectivity index (χ2v) is 8.53. The quantitative estimate of drug-likeness (QED) is 0.569. The van der Waals surface area contributed by atoms with Gasteiger partial charge in [0, 0.05) is 6.61 Å². The number of ether oxygens (including phenoxy) is 3. The molecule has 1 unspecified atom stereocenters. The van der Waals surface area contributed by atoms with Crippen LogP contribution in [0.1, 0.15) is 34.3 Å². The average Bonchev–Trinajstić information content (AvgIpc) is 3.41. The number of nitrogens with zero attached hydrogens (tertiary/aromatic N) is 2. The van der Waals surface area contributed by atoms with Gasteiger partial charge in [-0.3, -0.25) is 9.69 Å². The molecule has 0 N–H and O–H groups in total. The predicted octanol–water partition coefficient (Wildman–Crippen LogP) is 4.76. The van der Waals surface area contributed by atoms with Gasteiger partial charge in [-0.1, -0.05) is 11.3 Å². The van der Waals surface area contributed by atoms with E-state index in [4.69, 9.17) is 19.2 Å². The average molecular weight is 427 g/mol. The number of aromatic nitrogens is 1. The molecule has 6 nitrogen and oxygen atoms in total. The van der Waals surface area contributed by atoms with Gasteiger partial charge in [0.2, 0.25) is 0 Å². The van der Waals surface area contributed by atoms with E-state index in [0.29, 0.717) is 28.7 Å². The Labute approximate surface area is 180 Å². The summed E-state index contributed by atoms with van der Waals surface area (Å²) < 4.78 is 17.7. The van der Waals surface area contributed by atoms with Crippen LogP contribution >= 0.6 is 11.3 Å². The van der Waals surface area contributed by atoms with Crippen molar-refractivity contribution in [3.05, 3.63) is 47.0 Å². The Balaban J connectivity index is 1.77. The van der Waals surface area contributed by atoms with E-state index in [9.17, 15) is 4.79 Å². The molecule has 1 aromatic heterocycles. The Hall–Kier alpha value is -2.64. The topological polar surface area (TPSA) is 60.9 Å². The number of hydrogen-bond acceptors (Lipinski definition) is 6. The van der Waals surface area contributed by atoms with Crippen LogP contribution in [0.2, 0.25) is 0 Å². The first kappa shape index (κ1) is 20.6. The molecule has 0 spiro atoms. The third-order valence-corrected chi connectivity index (χ3v) is 6.56. The van der Waals surface area contributed by atoms with Gasteiger partial charge in [-0.05, 0) is 68.1 Å². The van der Waals surface area contributed by atoms with Crippen LogP contribution in [0.3, 0.4) is 0 Å². The van der Waals surface area contributed by atoms with E-state index in [2.05, 4.69) is 26.0 Å². The lowest BCUT2D eigenvalue weighted by molar-refractivity contribution is 0.0914. The Bertz CT molecular complexity index is 1030. The van der Waals surface area contributed by atoms with Gasteiger partial charge in [0.25, 0.3) is 5.91 Å². The van der Waals surface area contributed by atoms with Crippen LogP contribution in [-0.2, 0) is 4.74 Å². The Morgan fingerprint density at radius 1 is 1.20 bits per heavy atom. The van der Waals surface area contributed by atoms with E-state index < -0.39 is 0 Å². The summed E-state index contributed by atoms with van der Waals surface area (Å²) in [6.07, 6.45) is 1.94. The third-order valence-electron chi connectivity index (χ3n) is 5.52. The highest BCUT2D eigenvalue weighted by Crippen LogP contribution is 2.34. The molecule has 0 saturated carbocycles. The number of thiazole rings is 1. The number of aryl methyl sites for hydroxylation is 2. The number of rotatable bonds is 6. The van der Waals surface area contributed by atoms with E-state index in [1.165, 1.54) is 22.5 Å². The summed E-state index contributed by atoms with van der Waals surface area (Å²) >= 11 is 1.52. The molecular weight excluding hydrogens is 400 g/mol. The Kier molecular flexibility index (Phi) is 5.92. The van der Waals surface area contributed by atoms with Gasteiger partial charge in [0.1, 0.15) is 11.5 Å². The minimum atomic E-state index is -0.172. The second kappa shape index (κ2) is 8.62.